The highest BCUT2D eigenvalue weighted by molar-refractivity contribution is 5.72. The third-order valence-electron chi connectivity index (χ3n) is 2.48. The quantitative estimate of drug-likeness (QED) is 0.602. The fourth-order valence-corrected chi connectivity index (χ4v) is 1.48. The van der Waals surface area contributed by atoms with Gasteiger partial charge in [-0.2, -0.15) is 0 Å². The van der Waals surface area contributed by atoms with E-state index < -0.39 is 0 Å². The van der Waals surface area contributed by atoms with Gasteiger partial charge in [-0.05, 0) is 52.7 Å². The molecule has 0 radical (unpaired) electrons. The lowest BCUT2D eigenvalue weighted by Crippen LogP contribution is -2.27. The van der Waals surface area contributed by atoms with E-state index in [0.29, 0.717) is 0 Å². The van der Waals surface area contributed by atoms with Gasteiger partial charge >= 0.3 is 0 Å². The Labute approximate surface area is 109 Å². The van der Waals surface area contributed by atoms with Crippen molar-refractivity contribution >= 4 is 5.78 Å². The molecule has 0 saturated carbocycles. The molecule has 0 aliphatic rings. The van der Waals surface area contributed by atoms with Crippen molar-refractivity contribution in [2.24, 2.45) is 0 Å². The molecule has 0 unspecified atom stereocenters. The van der Waals surface area contributed by atoms with Crippen LogP contribution in [0.3, 0.4) is 0 Å². The maximum absolute atomic E-state index is 9.44. The number of unbranched alkanes of at least 4 members (excludes halogenated alkanes) is 3. The van der Waals surface area contributed by atoms with E-state index >= 15 is 0 Å². The van der Waals surface area contributed by atoms with Gasteiger partial charge in [-0.3, -0.25) is 0 Å². The number of carbonyl (C=O) groups excluding carboxylic acids is 1. The first-order chi connectivity index (χ1) is 8.08. The zero-order chi connectivity index (χ0) is 13.5. The SMILES string of the molecule is CC(C)=O.CCCCN(CCCC)CCCC. The minimum atomic E-state index is 0.167. The van der Waals surface area contributed by atoms with Gasteiger partial charge in [0.05, 0.1) is 0 Å². The topological polar surface area (TPSA) is 20.3 Å². The summed E-state index contributed by atoms with van der Waals surface area (Å²) in [6.45, 7) is 13.8. The number of rotatable bonds is 9. The van der Waals surface area contributed by atoms with Crippen LogP contribution in [0.5, 0.6) is 0 Å². The van der Waals surface area contributed by atoms with Gasteiger partial charge in [0.15, 0.2) is 0 Å². The molecule has 0 aromatic rings. The van der Waals surface area contributed by atoms with Crippen LogP contribution >= 0.6 is 0 Å². The van der Waals surface area contributed by atoms with E-state index in [1.165, 1.54) is 72.0 Å². The summed E-state index contributed by atoms with van der Waals surface area (Å²) in [7, 11) is 0. The average Bonchev–Trinajstić information content (AvgIpc) is 2.27. The van der Waals surface area contributed by atoms with Gasteiger partial charge in [0, 0.05) is 0 Å². The van der Waals surface area contributed by atoms with Gasteiger partial charge in [-0.15, -0.1) is 0 Å². The second-order valence-corrected chi connectivity index (χ2v) is 4.81. The molecule has 0 heterocycles. The summed E-state index contributed by atoms with van der Waals surface area (Å²) in [4.78, 5) is 12.1. The van der Waals surface area contributed by atoms with Gasteiger partial charge in [-0.1, -0.05) is 40.0 Å². The maximum Gasteiger partial charge on any atom is 0.126 e. The molecule has 2 heteroatoms. The lowest BCUT2D eigenvalue weighted by molar-refractivity contribution is -0.114. The molecule has 0 aromatic carbocycles. The Morgan fingerprint density at radius 2 is 1.00 bits per heavy atom. The molecule has 0 aliphatic carbocycles. The first-order valence-electron chi connectivity index (χ1n) is 7.27. The number of nitrogens with zero attached hydrogens (tertiary/aromatic N) is 1. The minimum Gasteiger partial charge on any atom is -0.303 e. The van der Waals surface area contributed by atoms with Crippen molar-refractivity contribution in [3.05, 3.63) is 0 Å². The highest BCUT2D eigenvalue weighted by Crippen LogP contribution is 2.01. The van der Waals surface area contributed by atoms with Crippen LogP contribution in [0.1, 0.15) is 73.1 Å². The number of hydrogen-bond acceptors (Lipinski definition) is 2. The Morgan fingerprint density at radius 1 is 0.765 bits per heavy atom. The second-order valence-electron chi connectivity index (χ2n) is 4.81. The van der Waals surface area contributed by atoms with Crippen LogP contribution in [0.2, 0.25) is 0 Å². The van der Waals surface area contributed by atoms with E-state index in [1.54, 1.807) is 0 Å². The van der Waals surface area contributed by atoms with Crippen LogP contribution in [0.15, 0.2) is 0 Å². The van der Waals surface area contributed by atoms with Crippen molar-refractivity contribution in [3.63, 3.8) is 0 Å². The number of hydrogen-bond donors (Lipinski definition) is 0. The molecule has 0 amide bonds. The predicted molar refractivity (Wildman–Crippen MR) is 77.5 cm³/mol. The Bertz CT molecular complexity index is 134. The molecule has 0 aliphatic heterocycles. The molecule has 0 bridgehead atoms. The van der Waals surface area contributed by atoms with Crippen LogP contribution in [-0.4, -0.2) is 30.3 Å². The maximum atomic E-state index is 9.44. The summed E-state index contributed by atoms with van der Waals surface area (Å²) in [5.74, 6) is 0.167. The molecule has 0 aromatic heterocycles. The number of ketones is 1. The van der Waals surface area contributed by atoms with E-state index in [4.69, 9.17) is 0 Å². The molecule has 104 valence electrons. The molecule has 0 saturated heterocycles. The van der Waals surface area contributed by atoms with Crippen molar-refractivity contribution in [2.45, 2.75) is 73.1 Å². The van der Waals surface area contributed by atoms with Crippen molar-refractivity contribution in [1.29, 1.82) is 0 Å². The molecule has 0 rings (SSSR count). The van der Waals surface area contributed by atoms with Gasteiger partial charge in [-0.25, -0.2) is 0 Å². The molecular formula is C15H33NO. The lowest BCUT2D eigenvalue weighted by Gasteiger charge is -2.21. The smallest absolute Gasteiger partial charge is 0.126 e. The summed E-state index contributed by atoms with van der Waals surface area (Å²) >= 11 is 0. The highest BCUT2D eigenvalue weighted by atomic mass is 16.1. The Balaban J connectivity index is 0. The Hall–Kier alpha value is -0.370. The number of Topliss-reactive ketones (excluding diaryl/α,β-unsaturated/α-hetero) is 1. The summed E-state index contributed by atoms with van der Waals surface area (Å²) in [5, 5.41) is 0. The second kappa shape index (κ2) is 15.6. The van der Waals surface area contributed by atoms with Crippen LogP contribution in [0, 0.1) is 0 Å². The fraction of sp³-hybridized carbons (Fsp3) is 0.933. The van der Waals surface area contributed by atoms with E-state index in [9.17, 15) is 4.79 Å². The van der Waals surface area contributed by atoms with Crippen molar-refractivity contribution in [3.8, 4) is 0 Å². The van der Waals surface area contributed by atoms with Crippen LogP contribution < -0.4 is 0 Å². The van der Waals surface area contributed by atoms with Gasteiger partial charge in [0.25, 0.3) is 0 Å². The zero-order valence-electron chi connectivity index (χ0n) is 12.7. The standard InChI is InChI=1S/C12H27N.C3H6O/c1-4-7-10-13(11-8-5-2)12-9-6-3;1-3(2)4/h4-12H2,1-3H3;1-2H3. The molecule has 0 spiro atoms. The summed E-state index contributed by atoms with van der Waals surface area (Å²) in [5.41, 5.74) is 0. The first kappa shape index (κ1) is 19.0. The Kier molecular flexibility index (Phi) is 17.5. The van der Waals surface area contributed by atoms with Gasteiger partial charge in [0.2, 0.25) is 0 Å². The van der Waals surface area contributed by atoms with Crippen molar-refractivity contribution < 1.29 is 4.79 Å². The zero-order valence-corrected chi connectivity index (χ0v) is 12.7. The van der Waals surface area contributed by atoms with E-state index in [1.807, 2.05) is 0 Å². The molecular weight excluding hydrogens is 210 g/mol. The van der Waals surface area contributed by atoms with E-state index in [0.717, 1.165) is 0 Å². The van der Waals surface area contributed by atoms with Gasteiger partial charge in [0.1, 0.15) is 5.78 Å². The highest BCUT2D eigenvalue weighted by Gasteiger charge is 2.01. The fourth-order valence-electron chi connectivity index (χ4n) is 1.48. The first-order valence-corrected chi connectivity index (χ1v) is 7.27. The third kappa shape index (κ3) is 21.5. The molecule has 2 nitrogen and oxygen atoms in total. The lowest BCUT2D eigenvalue weighted by atomic mass is 10.2. The van der Waals surface area contributed by atoms with Crippen LogP contribution in [0.25, 0.3) is 0 Å². The molecule has 0 fully saturated rings. The number of carbonyl (C=O) groups is 1. The van der Waals surface area contributed by atoms with Gasteiger partial charge < -0.3 is 9.69 Å². The normalized spacial score (nSPS) is 10.0. The van der Waals surface area contributed by atoms with Crippen LogP contribution in [0.4, 0.5) is 0 Å². The van der Waals surface area contributed by atoms with E-state index in [2.05, 4.69) is 25.7 Å². The summed E-state index contributed by atoms with van der Waals surface area (Å²) in [6, 6.07) is 0. The average molecular weight is 243 g/mol. The molecule has 0 N–H and O–H groups in total. The van der Waals surface area contributed by atoms with Crippen molar-refractivity contribution in [1.82, 2.24) is 4.90 Å². The monoisotopic (exact) mass is 243 g/mol. The Morgan fingerprint density at radius 3 is 1.18 bits per heavy atom. The van der Waals surface area contributed by atoms with Crippen molar-refractivity contribution in [2.75, 3.05) is 19.6 Å². The summed E-state index contributed by atoms with van der Waals surface area (Å²) in [6.07, 6.45) is 8.09. The van der Waals surface area contributed by atoms with Crippen LogP contribution in [-0.2, 0) is 4.79 Å². The molecule has 17 heavy (non-hydrogen) atoms. The summed E-state index contributed by atoms with van der Waals surface area (Å²) < 4.78 is 0. The largest absolute Gasteiger partial charge is 0.303 e. The minimum absolute atomic E-state index is 0.167. The third-order valence-corrected chi connectivity index (χ3v) is 2.48. The van der Waals surface area contributed by atoms with E-state index in [-0.39, 0.29) is 5.78 Å². The predicted octanol–water partition coefficient (Wildman–Crippen LogP) is 4.28. The molecule has 0 atom stereocenters.